The minimum absolute atomic E-state index is 0.179. The highest BCUT2D eigenvalue weighted by molar-refractivity contribution is 7.89. The van der Waals surface area contributed by atoms with Gasteiger partial charge in [0.2, 0.25) is 15.8 Å². The Balaban J connectivity index is 1.64. The average molecular weight is 394 g/mol. The number of hydrogen-bond donors (Lipinski definition) is 0. The third kappa shape index (κ3) is 4.27. The fourth-order valence-electron chi connectivity index (χ4n) is 3.12. The van der Waals surface area contributed by atoms with Crippen LogP contribution in [0.4, 0.5) is 0 Å². The Morgan fingerprint density at radius 1 is 1.11 bits per heavy atom. The van der Waals surface area contributed by atoms with Crippen molar-refractivity contribution in [2.24, 2.45) is 0 Å². The number of rotatable bonds is 5. The van der Waals surface area contributed by atoms with E-state index in [1.54, 1.807) is 17.0 Å². The normalized spacial score (nSPS) is 19.6. The maximum Gasteiger partial charge on any atom is 0.292 e. The van der Waals surface area contributed by atoms with E-state index in [0.717, 1.165) is 12.0 Å². The molecule has 0 aliphatic carbocycles. The SMILES string of the molecule is CC[C@@H](C)c1ccc(S(=O)(=O)N2CCN(C(=O)C3=COCCO3)CC2)cc1. The lowest BCUT2D eigenvalue weighted by Crippen LogP contribution is -2.51. The first-order chi connectivity index (χ1) is 12.9. The zero-order chi connectivity index (χ0) is 19.4. The van der Waals surface area contributed by atoms with Gasteiger partial charge in [0.25, 0.3) is 5.91 Å². The smallest absolute Gasteiger partial charge is 0.292 e. The van der Waals surface area contributed by atoms with Crippen LogP contribution < -0.4 is 0 Å². The van der Waals surface area contributed by atoms with Gasteiger partial charge in [-0.05, 0) is 30.0 Å². The van der Waals surface area contributed by atoms with Crippen molar-refractivity contribution in [2.75, 3.05) is 39.4 Å². The standard InChI is InChI=1S/C19H26N2O5S/c1-3-15(2)16-4-6-17(7-5-16)27(23,24)21-10-8-20(9-11-21)19(22)18-14-25-12-13-26-18/h4-7,14-15H,3,8-13H2,1-2H3/t15-/m1/s1. The molecule has 0 N–H and O–H groups in total. The van der Waals surface area contributed by atoms with E-state index in [1.165, 1.54) is 10.6 Å². The highest BCUT2D eigenvalue weighted by Gasteiger charge is 2.32. The molecular weight excluding hydrogens is 368 g/mol. The van der Waals surface area contributed by atoms with Gasteiger partial charge in [-0.1, -0.05) is 26.0 Å². The molecule has 0 bridgehead atoms. The Labute approximate surface area is 160 Å². The average Bonchev–Trinajstić information content (AvgIpc) is 2.73. The van der Waals surface area contributed by atoms with Crippen molar-refractivity contribution in [2.45, 2.75) is 31.1 Å². The Hall–Kier alpha value is -2.06. The van der Waals surface area contributed by atoms with Crippen LogP contribution in [0, 0.1) is 0 Å². The van der Waals surface area contributed by atoms with Crippen LogP contribution in [0.3, 0.4) is 0 Å². The summed E-state index contributed by atoms with van der Waals surface area (Å²) in [4.78, 5) is 14.3. The Morgan fingerprint density at radius 3 is 2.33 bits per heavy atom. The van der Waals surface area contributed by atoms with Gasteiger partial charge in [0.1, 0.15) is 19.5 Å². The first kappa shape index (κ1) is 19.7. The molecule has 0 spiro atoms. The van der Waals surface area contributed by atoms with E-state index in [1.807, 2.05) is 12.1 Å². The molecule has 2 heterocycles. The van der Waals surface area contributed by atoms with Crippen LogP contribution in [0.15, 0.2) is 41.2 Å². The van der Waals surface area contributed by atoms with Crippen molar-refractivity contribution in [1.82, 2.24) is 9.21 Å². The lowest BCUT2D eigenvalue weighted by atomic mass is 9.99. The van der Waals surface area contributed by atoms with E-state index >= 15 is 0 Å². The number of nitrogens with zero attached hydrogens (tertiary/aromatic N) is 2. The molecular formula is C19H26N2O5S. The first-order valence-electron chi connectivity index (χ1n) is 9.27. The zero-order valence-electron chi connectivity index (χ0n) is 15.8. The van der Waals surface area contributed by atoms with Crippen molar-refractivity contribution in [3.05, 3.63) is 41.9 Å². The van der Waals surface area contributed by atoms with Gasteiger partial charge in [0.05, 0.1) is 4.90 Å². The van der Waals surface area contributed by atoms with Crippen LogP contribution in [-0.4, -0.2) is 62.9 Å². The summed E-state index contributed by atoms with van der Waals surface area (Å²) in [5.74, 6) is 0.319. The number of sulfonamides is 1. The van der Waals surface area contributed by atoms with Crippen molar-refractivity contribution < 1.29 is 22.7 Å². The van der Waals surface area contributed by atoms with Gasteiger partial charge in [0.15, 0.2) is 0 Å². The highest BCUT2D eigenvalue weighted by Crippen LogP contribution is 2.23. The molecule has 1 amide bonds. The summed E-state index contributed by atoms with van der Waals surface area (Å²) in [5.41, 5.74) is 1.13. The summed E-state index contributed by atoms with van der Waals surface area (Å²) in [7, 11) is -3.56. The van der Waals surface area contributed by atoms with Gasteiger partial charge in [0, 0.05) is 26.2 Å². The van der Waals surface area contributed by atoms with Gasteiger partial charge in [-0.2, -0.15) is 4.31 Å². The molecule has 1 aromatic rings. The number of carbonyl (C=O) groups excluding carboxylic acids is 1. The maximum absolute atomic E-state index is 12.9. The molecule has 1 atom stereocenters. The van der Waals surface area contributed by atoms with Crippen molar-refractivity contribution in [1.29, 1.82) is 0 Å². The molecule has 1 saturated heterocycles. The molecule has 1 aromatic carbocycles. The third-order valence-electron chi connectivity index (χ3n) is 5.09. The molecule has 8 heteroatoms. The molecule has 7 nitrogen and oxygen atoms in total. The number of benzene rings is 1. The van der Waals surface area contributed by atoms with E-state index in [9.17, 15) is 13.2 Å². The number of ether oxygens (including phenoxy) is 2. The van der Waals surface area contributed by atoms with Crippen LogP contribution >= 0.6 is 0 Å². The van der Waals surface area contributed by atoms with Crippen LogP contribution in [-0.2, 0) is 24.3 Å². The summed E-state index contributed by atoms with van der Waals surface area (Å²) in [6.07, 6.45) is 2.33. The second-order valence-electron chi connectivity index (χ2n) is 6.78. The Kier molecular flexibility index (Phi) is 6.06. The molecule has 27 heavy (non-hydrogen) atoms. The van der Waals surface area contributed by atoms with Gasteiger partial charge < -0.3 is 14.4 Å². The number of hydrogen-bond acceptors (Lipinski definition) is 5. The van der Waals surface area contributed by atoms with E-state index in [-0.39, 0.29) is 24.8 Å². The number of carbonyl (C=O) groups is 1. The van der Waals surface area contributed by atoms with Gasteiger partial charge in [-0.3, -0.25) is 4.79 Å². The first-order valence-corrected chi connectivity index (χ1v) is 10.7. The van der Waals surface area contributed by atoms with Gasteiger partial charge in [-0.25, -0.2) is 8.42 Å². The largest absolute Gasteiger partial charge is 0.494 e. The minimum Gasteiger partial charge on any atom is -0.494 e. The molecule has 0 unspecified atom stereocenters. The van der Waals surface area contributed by atoms with Crippen LogP contribution in [0.2, 0.25) is 0 Å². The van der Waals surface area contributed by atoms with Gasteiger partial charge >= 0.3 is 0 Å². The molecule has 148 valence electrons. The summed E-state index contributed by atoms with van der Waals surface area (Å²) >= 11 is 0. The van der Waals surface area contributed by atoms with E-state index in [2.05, 4.69) is 13.8 Å². The third-order valence-corrected chi connectivity index (χ3v) is 7.00. The summed E-state index contributed by atoms with van der Waals surface area (Å²) in [6.45, 7) is 6.17. The lowest BCUT2D eigenvalue weighted by Gasteiger charge is -2.34. The summed E-state index contributed by atoms with van der Waals surface area (Å²) < 4.78 is 37.6. The molecule has 0 aromatic heterocycles. The quantitative estimate of drug-likeness (QED) is 0.763. The van der Waals surface area contributed by atoms with E-state index in [4.69, 9.17) is 9.47 Å². The highest BCUT2D eigenvalue weighted by atomic mass is 32.2. The zero-order valence-corrected chi connectivity index (χ0v) is 16.6. The summed E-state index contributed by atoms with van der Waals surface area (Å²) in [5, 5.41) is 0. The minimum atomic E-state index is -3.56. The summed E-state index contributed by atoms with van der Waals surface area (Å²) in [6, 6.07) is 7.11. The van der Waals surface area contributed by atoms with Gasteiger partial charge in [-0.15, -0.1) is 0 Å². The predicted molar refractivity (Wildman–Crippen MR) is 100 cm³/mol. The maximum atomic E-state index is 12.9. The van der Waals surface area contributed by atoms with E-state index < -0.39 is 10.0 Å². The topological polar surface area (TPSA) is 76.2 Å². The molecule has 0 saturated carbocycles. The van der Waals surface area contributed by atoms with Crippen molar-refractivity contribution in [3.63, 3.8) is 0 Å². The van der Waals surface area contributed by atoms with Crippen molar-refractivity contribution in [3.8, 4) is 0 Å². The Bertz CT molecular complexity index is 796. The van der Waals surface area contributed by atoms with Crippen LogP contribution in [0.1, 0.15) is 31.7 Å². The van der Waals surface area contributed by atoms with E-state index in [0.29, 0.717) is 37.1 Å². The Morgan fingerprint density at radius 2 is 1.78 bits per heavy atom. The fourth-order valence-corrected chi connectivity index (χ4v) is 4.54. The molecule has 2 aliphatic rings. The number of amides is 1. The molecule has 1 fully saturated rings. The van der Waals surface area contributed by atoms with Crippen molar-refractivity contribution >= 4 is 15.9 Å². The fraction of sp³-hybridized carbons (Fsp3) is 0.526. The second-order valence-corrected chi connectivity index (χ2v) is 8.71. The molecule has 0 radical (unpaired) electrons. The predicted octanol–water partition coefficient (Wildman–Crippen LogP) is 1.92. The van der Waals surface area contributed by atoms with Crippen LogP contribution in [0.25, 0.3) is 0 Å². The lowest BCUT2D eigenvalue weighted by molar-refractivity contribution is -0.133. The monoisotopic (exact) mass is 394 g/mol. The number of piperazine rings is 1. The van der Waals surface area contributed by atoms with Crippen LogP contribution in [0.5, 0.6) is 0 Å². The molecule has 2 aliphatic heterocycles. The second kappa shape index (κ2) is 8.31. The molecule has 3 rings (SSSR count).